The number of halogens is 1. The minimum absolute atomic E-state index is 0.396. The zero-order valence-electron chi connectivity index (χ0n) is 19.6. The molecule has 0 aliphatic heterocycles. The number of ether oxygens (including phenoxy) is 1. The van der Waals surface area contributed by atoms with Gasteiger partial charge < -0.3 is 20.7 Å². The predicted octanol–water partition coefficient (Wildman–Crippen LogP) is 5.96. The van der Waals surface area contributed by atoms with Crippen molar-refractivity contribution < 1.29 is 4.74 Å². The molecule has 0 amide bonds. The van der Waals surface area contributed by atoms with Crippen LogP contribution in [0, 0.1) is 5.41 Å². The second-order valence-corrected chi connectivity index (χ2v) is 10.4. The third-order valence-corrected chi connectivity index (χ3v) is 7.17. The van der Waals surface area contributed by atoms with Crippen molar-refractivity contribution in [2.45, 2.75) is 70.5 Å². The van der Waals surface area contributed by atoms with Crippen LogP contribution in [0.25, 0.3) is 11.1 Å². The van der Waals surface area contributed by atoms with E-state index in [0.29, 0.717) is 28.6 Å². The van der Waals surface area contributed by atoms with Crippen molar-refractivity contribution in [3.8, 4) is 11.1 Å². The molecule has 1 heterocycles. The molecule has 174 valence electrons. The standard InChI is InChI=1S/C26H37ClN4O/c1-18(16-32-3)30-20-7-9-21(10-8-20)31-25-14-23(24(27)15-28-25)19-5-4-6-22(13-19)29-17-26(2)11-12-26/h4-6,13-15,18,20-21,29-30H,7-12,16-17H2,1-3H3,(H,28,31)/t18-,20?,21?/m1/s1. The van der Waals surface area contributed by atoms with Gasteiger partial charge in [0.2, 0.25) is 0 Å². The molecule has 1 aromatic carbocycles. The lowest BCUT2D eigenvalue weighted by Crippen LogP contribution is -2.42. The molecule has 2 aliphatic carbocycles. The molecule has 0 radical (unpaired) electrons. The maximum atomic E-state index is 6.55. The number of pyridine rings is 1. The van der Waals surface area contributed by atoms with Crippen molar-refractivity contribution in [2.75, 3.05) is 30.9 Å². The fourth-order valence-corrected chi connectivity index (χ4v) is 4.77. The van der Waals surface area contributed by atoms with Crippen LogP contribution in [0.4, 0.5) is 11.5 Å². The summed E-state index contributed by atoms with van der Waals surface area (Å²) in [5.41, 5.74) is 3.75. The Hall–Kier alpha value is -1.82. The van der Waals surface area contributed by atoms with Crippen LogP contribution in [0.15, 0.2) is 36.5 Å². The summed E-state index contributed by atoms with van der Waals surface area (Å²) in [6, 6.07) is 12.0. The maximum Gasteiger partial charge on any atom is 0.126 e. The first-order valence-corrected chi connectivity index (χ1v) is 12.3. The van der Waals surface area contributed by atoms with Gasteiger partial charge in [0.25, 0.3) is 0 Å². The van der Waals surface area contributed by atoms with E-state index in [0.717, 1.165) is 48.6 Å². The lowest BCUT2D eigenvalue weighted by atomic mass is 9.90. The van der Waals surface area contributed by atoms with Crippen molar-refractivity contribution in [1.82, 2.24) is 10.3 Å². The van der Waals surface area contributed by atoms with Gasteiger partial charge in [-0.25, -0.2) is 4.98 Å². The molecule has 0 unspecified atom stereocenters. The van der Waals surface area contributed by atoms with Gasteiger partial charge in [0.15, 0.2) is 0 Å². The van der Waals surface area contributed by atoms with Crippen LogP contribution in [0.3, 0.4) is 0 Å². The molecule has 4 rings (SSSR count). The van der Waals surface area contributed by atoms with Crippen LogP contribution in [-0.4, -0.2) is 43.4 Å². The van der Waals surface area contributed by atoms with Crippen molar-refractivity contribution in [3.63, 3.8) is 0 Å². The Morgan fingerprint density at radius 3 is 2.62 bits per heavy atom. The smallest absolute Gasteiger partial charge is 0.126 e. The highest BCUT2D eigenvalue weighted by atomic mass is 35.5. The quantitative estimate of drug-likeness (QED) is 0.411. The SMILES string of the molecule is COC[C@@H](C)NC1CCC(Nc2cc(-c3cccc(NCC4(C)CC4)c3)c(Cl)cn2)CC1. The van der Waals surface area contributed by atoms with E-state index in [1.54, 1.807) is 13.3 Å². The molecule has 2 aliphatic rings. The van der Waals surface area contributed by atoms with Crippen LogP contribution >= 0.6 is 11.6 Å². The second-order valence-electron chi connectivity index (χ2n) is 10.0. The molecule has 0 bridgehead atoms. The fraction of sp³-hybridized carbons (Fsp3) is 0.577. The minimum Gasteiger partial charge on any atom is -0.384 e. The van der Waals surface area contributed by atoms with Crippen molar-refractivity contribution in [1.29, 1.82) is 0 Å². The number of benzene rings is 1. The Balaban J connectivity index is 1.36. The van der Waals surface area contributed by atoms with Crippen molar-refractivity contribution in [2.24, 2.45) is 5.41 Å². The summed E-state index contributed by atoms with van der Waals surface area (Å²) in [4.78, 5) is 4.56. The van der Waals surface area contributed by atoms with Crippen LogP contribution in [-0.2, 0) is 4.74 Å². The monoisotopic (exact) mass is 456 g/mol. The molecule has 0 spiro atoms. The van der Waals surface area contributed by atoms with E-state index in [9.17, 15) is 0 Å². The van der Waals surface area contributed by atoms with Gasteiger partial charge in [0.1, 0.15) is 5.82 Å². The number of hydrogen-bond donors (Lipinski definition) is 3. The number of nitrogens with one attached hydrogen (secondary N) is 3. The number of anilines is 2. The van der Waals surface area contributed by atoms with Gasteiger partial charge in [-0.3, -0.25) is 0 Å². The fourth-order valence-electron chi connectivity index (χ4n) is 4.56. The summed E-state index contributed by atoms with van der Waals surface area (Å²) in [6.45, 7) is 6.30. The lowest BCUT2D eigenvalue weighted by molar-refractivity contribution is 0.161. The first kappa shape index (κ1) is 23.3. The molecule has 2 saturated carbocycles. The third kappa shape index (κ3) is 6.37. The second kappa shape index (κ2) is 10.4. The Morgan fingerprint density at radius 1 is 1.16 bits per heavy atom. The zero-order chi connectivity index (χ0) is 22.6. The van der Waals surface area contributed by atoms with E-state index < -0.39 is 0 Å². The molecule has 5 nitrogen and oxygen atoms in total. The number of nitrogens with zero attached hydrogens (tertiary/aromatic N) is 1. The average Bonchev–Trinajstić information content (AvgIpc) is 3.53. The molecule has 1 atom stereocenters. The van der Waals surface area contributed by atoms with Gasteiger partial charge in [0.05, 0.1) is 11.6 Å². The molecule has 32 heavy (non-hydrogen) atoms. The molecule has 1 aromatic heterocycles. The average molecular weight is 457 g/mol. The first-order chi connectivity index (χ1) is 15.4. The summed E-state index contributed by atoms with van der Waals surface area (Å²) in [5.74, 6) is 0.900. The number of methoxy groups -OCH3 is 1. The van der Waals surface area contributed by atoms with Crippen LogP contribution in [0.2, 0.25) is 5.02 Å². The van der Waals surface area contributed by atoms with E-state index in [-0.39, 0.29) is 0 Å². The molecule has 0 saturated heterocycles. The van der Waals surface area contributed by atoms with Crippen molar-refractivity contribution in [3.05, 3.63) is 41.6 Å². The lowest BCUT2D eigenvalue weighted by Gasteiger charge is -2.32. The van der Waals surface area contributed by atoms with Gasteiger partial charge in [-0.15, -0.1) is 0 Å². The highest BCUT2D eigenvalue weighted by Crippen LogP contribution is 2.44. The largest absolute Gasteiger partial charge is 0.384 e. The Morgan fingerprint density at radius 2 is 1.91 bits per heavy atom. The van der Waals surface area contributed by atoms with Crippen LogP contribution < -0.4 is 16.0 Å². The number of aromatic nitrogens is 1. The van der Waals surface area contributed by atoms with Gasteiger partial charge in [-0.1, -0.05) is 30.7 Å². The molecule has 3 N–H and O–H groups in total. The van der Waals surface area contributed by atoms with E-state index >= 15 is 0 Å². The highest BCUT2D eigenvalue weighted by molar-refractivity contribution is 6.33. The topological polar surface area (TPSA) is 58.2 Å². The molecular weight excluding hydrogens is 420 g/mol. The predicted molar refractivity (Wildman–Crippen MR) is 135 cm³/mol. The summed E-state index contributed by atoms with van der Waals surface area (Å²) in [7, 11) is 1.76. The Kier molecular flexibility index (Phi) is 7.59. The molecule has 2 aromatic rings. The molecule has 2 fully saturated rings. The van der Waals surface area contributed by atoms with Gasteiger partial charge >= 0.3 is 0 Å². The Labute approximate surface area is 197 Å². The van der Waals surface area contributed by atoms with E-state index in [2.05, 4.69) is 65.1 Å². The van der Waals surface area contributed by atoms with E-state index in [1.165, 1.54) is 25.7 Å². The molecular formula is C26H37ClN4O. The van der Waals surface area contributed by atoms with Crippen LogP contribution in [0.1, 0.15) is 52.4 Å². The van der Waals surface area contributed by atoms with Gasteiger partial charge in [0, 0.05) is 49.2 Å². The normalized spacial score (nSPS) is 22.9. The van der Waals surface area contributed by atoms with Crippen molar-refractivity contribution >= 4 is 23.1 Å². The zero-order valence-corrected chi connectivity index (χ0v) is 20.3. The summed E-state index contributed by atoms with van der Waals surface area (Å²) < 4.78 is 5.24. The van der Waals surface area contributed by atoms with Gasteiger partial charge in [-0.05, 0) is 74.6 Å². The summed E-state index contributed by atoms with van der Waals surface area (Å²) in [5, 5.41) is 11.6. The van der Waals surface area contributed by atoms with Gasteiger partial charge in [-0.2, -0.15) is 0 Å². The summed E-state index contributed by atoms with van der Waals surface area (Å²) >= 11 is 6.55. The minimum atomic E-state index is 0.396. The number of hydrogen-bond acceptors (Lipinski definition) is 5. The number of rotatable bonds is 10. The third-order valence-electron chi connectivity index (χ3n) is 6.87. The maximum absolute atomic E-state index is 6.55. The highest BCUT2D eigenvalue weighted by Gasteiger charge is 2.36. The van der Waals surface area contributed by atoms with Crippen LogP contribution in [0.5, 0.6) is 0 Å². The summed E-state index contributed by atoms with van der Waals surface area (Å²) in [6.07, 6.45) is 9.00. The first-order valence-electron chi connectivity index (χ1n) is 12.0. The van der Waals surface area contributed by atoms with E-state index in [1.807, 2.05) is 0 Å². The Bertz CT molecular complexity index is 893. The molecule has 6 heteroatoms. The van der Waals surface area contributed by atoms with E-state index in [4.69, 9.17) is 16.3 Å².